The van der Waals surface area contributed by atoms with Gasteiger partial charge in [-0.15, -0.1) is 0 Å². The zero-order chi connectivity index (χ0) is 9.26. The van der Waals surface area contributed by atoms with Gasteiger partial charge in [0.05, 0.1) is 0 Å². The average Bonchev–Trinajstić information content (AvgIpc) is 2.27. The molecule has 0 N–H and O–H groups in total. The van der Waals surface area contributed by atoms with Gasteiger partial charge < -0.3 is 4.74 Å². The van der Waals surface area contributed by atoms with Crippen LogP contribution >= 0.6 is 11.6 Å². The van der Waals surface area contributed by atoms with Crippen LogP contribution in [0.15, 0.2) is 18.2 Å². The maximum Gasteiger partial charge on any atom is 0.311 e. The molecule has 0 radical (unpaired) electrons. The molecular formula is C10H9ClO2. The average molecular weight is 197 g/mol. The Hall–Kier alpha value is -1.02. The van der Waals surface area contributed by atoms with Crippen molar-refractivity contribution in [2.75, 3.05) is 0 Å². The van der Waals surface area contributed by atoms with Crippen molar-refractivity contribution >= 4 is 17.6 Å². The topological polar surface area (TPSA) is 26.3 Å². The highest BCUT2D eigenvalue weighted by atomic mass is 35.5. The van der Waals surface area contributed by atoms with Gasteiger partial charge in [-0.25, -0.2) is 0 Å². The van der Waals surface area contributed by atoms with Gasteiger partial charge in [0, 0.05) is 17.0 Å². The van der Waals surface area contributed by atoms with Crippen molar-refractivity contribution in [2.45, 2.75) is 19.3 Å². The predicted octanol–water partition coefficient (Wildman–Crippen LogP) is 2.58. The number of halogens is 1. The number of fused-ring (bicyclic) bond motifs is 1. The van der Waals surface area contributed by atoms with Gasteiger partial charge in [0.25, 0.3) is 0 Å². The van der Waals surface area contributed by atoms with E-state index in [1.54, 1.807) is 12.1 Å². The summed E-state index contributed by atoms with van der Waals surface area (Å²) in [6, 6.07) is 5.39. The Morgan fingerprint density at radius 1 is 1.31 bits per heavy atom. The second-order valence-corrected chi connectivity index (χ2v) is 3.45. The summed E-state index contributed by atoms with van der Waals surface area (Å²) in [4.78, 5) is 11.1. The van der Waals surface area contributed by atoms with Gasteiger partial charge in [-0.05, 0) is 25.0 Å². The molecule has 0 aliphatic carbocycles. The van der Waals surface area contributed by atoms with E-state index in [0.717, 1.165) is 18.4 Å². The molecule has 1 aliphatic rings. The summed E-state index contributed by atoms with van der Waals surface area (Å²) in [7, 11) is 0. The molecule has 0 fully saturated rings. The Bertz CT molecular complexity index is 347. The van der Waals surface area contributed by atoms with Crippen LogP contribution in [0, 0.1) is 0 Å². The summed E-state index contributed by atoms with van der Waals surface area (Å²) in [5.74, 6) is 0.455. The first-order valence-corrected chi connectivity index (χ1v) is 4.63. The van der Waals surface area contributed by atoms with Crippen LogP contribution in [0.5, 0.6) is 5.75 Å². The van der Waals surface area contributed by atoms with Crippen LogP contribution in [0.25, 0.3) is 0 Å². The van der Waals surface area contributed by atoms with Crippen LogP contribution in [-0.2, 0) is 11.2 Å². The molecule has 0 unspecified atom stereocenters. The van der Waals surface area contributed by atoms with Crippen LogP contribution in [-0.4, -0.2) is 5.97 Å². The summed E-state index contributed by atoms with van der Waals surface area (Å²) in [6.45, 7) is 0. The summed E-state index contributed by atoms with van der Waals surface area (Å²) in [5, 5.41) is 0.687. The molecule has 0 spiro atoms. The van der Waals surface area contributed by atoms with E-state index >= 15 is 0 Å². The first-order chi connectivity index (χ1) is 6.27. The fourth-order valence-electron chi connectivity index (χ4n) is 1.46. The standard InChI is InChI=1S/C10H9ClO2/c11-8-4-2-5-9-7(8)3-1-6-10(12)13-9/h2,4-5H,1,3,6H2. The minimum Gasteiger partial charge on any atom is -0.426 e. The van der Waals surface area contributed by atoms with Crippen molar-refractivity contribution in [3.63, 3.8) is 0 Å². The minimum absolute atomic E-state index is 0.166. The van der Waals surface area contributed by atoms with Gasteiger partial charge in [-0.1, -0.05) is 17.7 Å². The van der Waals surface area contributed by atoms with Gasteiger partial charge in [-0.3, -0.25) is 4.79 Å². The quantitative estimate of drug-likeness (QED) is 0.471. The predicted molar refractivity (Wildman–Crippen MR) is 50.0 cm³/mol. The summed E-state index contributed by atoms with van der Waals surface area (Å²) < 4.78 is 5.11. The van der Waals surface area contributed by atoms with Crippen LogP contribution in [0.3, 0.4) is 0 Å². The van der Waals surface area contributed by atoms with Crippen LogP contribution in [0.4, 0.5) is 0 Å². The summed E-state index contributed by atoms with van der Waals surface area (Å²) in [5.41, 5.74) is 0.954. The molecule has 68 valence electrons. The molecule has 0 bridgehead atoms. The molecule has 1 aromatic rings. The van der Waals surface area contributed by atoms with Crippen LogP contribution in [0.1, 0.15) is 18.4 Å². The highest BCUT2D eigenvalue weighted by Crippen LogP contribution is 2.30. The molecule has 2 rings (SSSR count). The molecule has 1 aliphatic heterocycles. The van der Waals surface area contributed by atoms with Gasteiger partial charge in [0.2, 0.25) is 0 Å². The van der Waals surface area contributed by atoms with E-state index < -0.39 is 0 Å². The highest BCUT2D eigenvalue weighted by molar-refractivity contribution is 6.31. The van der Waals surface area contributed by atoms with E-state index in [9.17, 15) is 4.79 Å². The third-order valence-electron chi connectivity index (χ3n) is 2.11. The molecule has 0 aromatic heterocycles. The highest BCUT2D eigenvalue weighted by Gasteiger charge is 2.16. The molecule has 13 heavy (non-hydrogen) atoms. The summed E-state index contributed by atoms with van der Waals surface area (Å²) >= 11 is 5.97. The number of hydrogen-bond acceptors (Lipinski definition) is 2. The van der Waals surface area contributed by atoms with Crippen LogP contribution < -0.4 is 4.74 Å². The lowest BCUT2D eigenvalue weighted by atomic mass is 10.1. The smallest absolute Gasteiger partial charge is 0.311 e. The molecule has 0 amide bonds. The van der Waals surface area contributed by atoms with Crippen LogP contribution in [0.2, 0.25) is 5.02 Å². The van der Waals surface area contributed by atoms with Gasteiger partial charge in [0.15, 0.2) is 0 Å². The normalized spacial score (nSPS) is 15.9. The van der Waals surface area contributed by atoms with Crippen molar-refractivity contribution in [2.24, 2.45) is 0 Å². The summed E-state index contributed by atoms with van der Waals surface area (Å²) in [6.07, 6.45) is 2.11. The SMILES string of the molecule is O=C1CCCc2c(Cl)cccc2O1. The number of rotatable bonds is 0. The zero-order valence-electron chi connectivity index (χ0n) is 7.05. The van der Waals surface area contributed by atoms with Crippen molar-refractivity contribution < 1.29 is 9.53 Å². The fraction of sp³-hybridized carbons (Fsp3) is 0.300. The maximum atomic E-state index is 11.1. The Kier molecular flexibility index (Phi) is 2.23. The van der Waals surface area contributed by atoms with E-state index in [1.165, 1.54) is 0 Å². The Morgan fingerprint density at radius 3 is 3.00 bits per heavy atom. The molecule has 3 heteroatoms. The second-order valence-electron chi connectivity index (χ2n) is 3.04. The van der Waals surface area contributed by atoms with E-state index in [1.807, 2.05) is 6.07 Å². The van der Waals surface area contributed by atoms with E-state index in [-0.39, 0.29) is 5.97 Å². The first kappa shape index (κ1) is 8.57. The molecule has 0 atom stereocenters. The Morgan fingerprint density at radius 2 is 2.15 bits per heavy atom. The van der Waals surface area contributed by atoms with Gasteiger partial charge in [0.1, 0.15) is 5.75 Å². The maximum absolute atomic E-state index is 11.1. The molecule has 0 saturated heterocycles. The fourth-order valence-corrected chi connectivity index (χ4v) is 1.72. The molecule has 2 nitrogen and oxygen atoms in total. The number of carbonyl (C=O) groups excluding carboxylic acids is 1. The zero-order valence-corrected chi connectivity index (χ0v) is 7.80. The van der Waals surface area contributed by atoms with Crippen molar-refractivity contribution in [1.29, 1.82) is 0 Å². The lowest BCUT2D eigenvalue weighted by Crippen LogP contribution is -2.05. The number of benzene rings is 1. The Labute approximate surface area is 81.5 Å². The second kappa shape index (κ2) is 3.38. The third kappa shape index (κ3) is 1.68. The van der Waals surface area contributed by atoms with Crippen molar-refractivity contribution in [3.8, 4) is 5.75 Å². The number of ether oxygens (including phenoxy) is 1. The number of hydrogen-bond donors (Lipinski definition) is 0. The molecule has 1 aromatic carbocycles. The van der Waals surface area contributed by atoms with Crippen molar-refractivity contribution in [1.82, 2.24) is 0 Å². The monoisotopic (exact) mass is 196 g/mol. The molecule has 0 saturated carbocycles. The third-order valence-corrected chi connectivity index (χ3v) is 2.46. The largest absolute Gasteiger partial charge is 0.426 e. The lowest BCUT2D eigenvalue weighted by molar-refractivity contribution is -0.134. The van der Waals surface area contributed by atoms with Gasteiger partial charge in [-0.2, -0.15) is 0 Å². The van der Waals surface area contributed by atoms with E-state index in [4.69, 9.17) is 16.3 Å². The Balaban J connectivity index is 2.45. The van der Waals surface area contributed by atoms with E-state index in [2.05, 4.69) is 0 Å². The number of carbonyl (C=O) groups is 1. The van der Waals surface area contributed by atoms with E-state index in [0.29, 0.717) is 17.2 Å². The van der Waals surface area contributed by atoms with Gasteiger partial charge >= 0.3 is 5.97 Å². The lowest BCUT2D eigenvalue weighted by Gasteiger charge is -2.05. The molecule has 1 heterocycles. The van der Waals surface area contributed by atoms with Crippen molar-refractivity contribution in [3.05, 3.63) is 28.8 Å². The number of esters is 1. The minimum atomic E-state index is -0.166. The molecular weight excluding hydrogens is 188 g/mol. The first-order valence-electron chi connectivity index (χ1n) is 4.25.